The topological polar surface area (TPSA) is 41.6 Å². The van der Waals surface area contributed by atoms with E-state index in [4.69, 9.17) is 4.74 Å². The molecule has 2 unspecified atom stereocenters. The van der Waals surface area contributed by atoms with Gasteiger partial charge in [0.15, 0.2) is 0 Å². The summed E-state index contributed by atoms with van der Waals surface area (Å²) in [7, 11) is 0. The molecule has 0 radical (unpaired) electrons. The fourth-order valence-electron chi connectivity index (χ4n) is 2.50. The van der Waals surface area contributed by atoms with Crippen LogP contribution in [0.2, 0.25) is 0 Å². The largest absolute Gasteiger partial charge is 0.379 e. The third-order valence-corrected chi connectivity index (χ3v) is 3.64. The summed E-state index contributed by atoms with van der Waals surface area (Å²) in [6.07, 6.45) is 4.55. The molecule has 0 saturated carbocycles. The van der Waals surface area contributed by atoms with Crippen molar-refractivity contribution in [2.24, 2.45) is 5.92 Å². The van der Waals surface area contributed by atoms with Gasteiger partial charge in [0.25, 0.3) is 0 Å². The molecule has 2 heterocycles. The first-order valence-electron chi connectivity index (χ1n) is 6.42. The van der Waals surface area contributed by atoms with Crippen LogP contribution in [0.3, 0.4) is 0 Å². The fourth-order valence-corrected chi connectivity index (χ4v) is 2.50. The highest BCUT2D eigenvalue weighted by molar-refractivity contribution is 5.74. The number of hydrogen-bond donors (Lipinski definition) is 1. The lowest BCUT2D eigenvalue weighted by Crippen LogP contribution is -2.48. The van der Waals surface area contributed by atoms with Crippen LogP contribution in [0.5, 0.6) is 0 Å². The lowest BCUT2D eigenvalue weighted by atomic mass is 9.96. The summed E-state index contributed by atoms with van der Waals surface area (Å²) in [4.78, 5) is 13.9. The molecule has 0 bridgehead atoms. The highest BCUT2D eigenvalue weighted by atomic mass is 16.5. The van der Waals surface area contributed by atoms with E-state index in [1.165, 1.54) is 12.8 Å². The van der Waals surface area contributed by atoms with Gasteiger partial charge in [-0.1, -0.05) is 13.3 Å². The molecule has 1 N–H and O–H groups in total. The molecule has 0 spiro atoms. The van der Waals surface area contributed by atoms with E-state index in [-0.39, 0.29) is 12.1 Å². The van der Waals surface area contributed by atoms with Crippen LogP contribution in [0.1, 0.15) is 32.6 Å². The van der Waals surface area contributed by atoms with Crippen molar-refractivity contribution in [1.29, 1.82) is 0 Å². The van der Waals surface area contributed by atoms with Gasteiger partial charge < -0.3 is 15.0 Å². The minimum absolute atomic E-state index is 0.105. The molecule has 2 aliphatic rings. The first-order valence-corrected chi connectivity index (χ1v) is 6.42. The van der Waals surface area contributed by atoms with Crippen molar-refractivity contribution in [2.75, 3.05) is 26.3 Å². The standard InChI is InChI=1S/C12H22N2O2/c1-2-10-4-3-6-14(8-10)12(15)13-11-5-7-16-9-11/h10-11H,2-9H2,1H3,(H,13,15). The van der Waals surface area contributed by atoms with Crippen LogP contribution in [0, 0.1) is 5.92 Å². The number of carbonyl (C=O) groups excluding carboxylic acids is 1. The monoisotopic (exact) mass is 226 g/mol. The van der Waals surface area contributed by atoms with E-state index in [0.717, 1.165) is 32.5 Å². The van der Waals surface area contributed by atoms with Gasteiger partial charge in [-0.3, -0.25) is 0 Å². The Morgan fingerprint density at radius 3 is 3.06 bits per heavy atom. The minimum Gasteiger partial charge on any atom is -0.379 e. The highest BCUT2D eigenvalue weighted by Gasteiger charge is 2.25. The Balaban J connectivity index is 1.79. The number of rotatable bonds is 2. The SMILES string of the molecule is CCC1CCCN(C(=O)NC2CCOC2)C1. The summed E-state index contributed by atoms with van der Waals surface area (Å²) in [5.41, 5.74) is 0. The smallest absolute Gasteiger partial charge is 0.317 e. The molecule has 0 aliphatic carbocycles. The third-order valence-electron chi connectivity index (χ3n) is 3.64. The van der Waals surface area contributed by atoms with E-state index >= 15 is 0 Å². The van der Waals surface area contributed by atoms with Gasteiger partial charge in [0.1, 0.15) is 0 Å². The molecular formula is C12H22N2O2. The number of hydrogen-bond acceptors (Lipinski definition) is 2. The maximum Gasteiger partial charge on any atom is 0.317 e. The second-order valence-corrected chi connectivity index (χ2v) is 4.87. The van der Waals surface area contributed by atoms with E-state index in [1.54, 1.807) is 0 Å². The second-order valence-electron chi connectivity index (χ2n) is 4.87. The van der Waals surface area contributed by atoms with Crippen molar-refractivity contribution in [3.63, 3.8) is 0 Å². The van der Waals surface area contributed by atoms with Gasteiger partial charge >= 0.3 is 6.03 Å². The molecule has 4 heteroatoms. The Morgan fingerprint density at radius 2 is 2.38 bits per heavy atom. The molecule has 2 fully saturated rings. The molecule has 4 nitrogen and oxygen atoms in total. The lowest BCUT2D eigenvalue weighted by molar-refractivity contribution is 0.156. The second kappa shape index (κ2) is 5.53. The summed E-state index contributed by atoms with van der Waals surface area (Å²) in [5.74, 6) is 0.694. The van der Waals surface area contributed by atoms with E-state index in [2.05, 4.69) is 12.2 Å². The predicted octanol–water partition coefficient (Wildman–Crippen LogP) is 1.61. The van der Waals surface area contributed by atoms with Gasteiger partial charge in [-0.15, -0.1) is 0 Å². The van der Waals surface area contributed by atoms with Crippen LogP contribution in [0.25, 0.3) is 0 Å². The average molecular weight is 226 g/mol. The van der Waals surface area contributed by atoms with Crippen molar-refractivity contribution < 1.29 is 9.53 Å². The summed E-state index contributed by atoms with van der Waals surface area (Å²) in [6, 6.07) is 0.336. The third kappa shape index (κ3) is 2.88. The van der Waals surface area contributed by atoms with E-state index in [9.17, 15) is 4.79 Å². The Hall–Kier alpha value is -0.770. The molecule has 0 aromatic rings. The summed E-state index contributed by atoms with van der Waals surface area (Å²) >= 11 is 0. The Kier molecular flexibility index (Phi) is 4.04. The van der Waals surface area contributed by atoms with Crippen molar-refractivity contribution in [3.05, 3.63) is 0 Å². The number of urea groups is 1. The number of likely N-dealkylation sites (tertiary alicyclic amines) is 1. The lowest BCUT2D eigenvalue weighted by Gasteiger charge is -2.33. The van der Waals surface area contributed by atoms with Gasteiger partial charge in [-0.05, 0) is 25.2 Å². The van der Waals surface area contributed by atoms with Gasteiger partial charge in [-0.25, -0.2) is 4.79 Å². The molecule has 2 amide bonds. The first-order chi connectivity index (χ1) is 7.79. The van der Waals surface area contributed by atoms with Crippen molar-refractivity contribution >= 4 is 6.03 Å². The van der Waals surface area contributed by atoms with E-state index in [1.807, 2.05) is 4.90 Å². The van der Waals surface area contributed by atoms with Crippen LogP contribution in [0.4, 0.5) is 4.79 Å². The number of ether oxygens (including phenoxy) is 1. The van der Waals surface area contributed by atoms with Gasteiger partial charge in [0, 0.05) is 19.7 Å². The van der Waals surface area contributed by atoms with Crippen LogP contribution in [-0.4, -0.2) is 43.3 Å². The summed E-state index contributed by atoms with van der Waals surface area (Å²) in [6.45, 7) is 5.50. The number of piperidine rings is 1. The summed E-state index contributed by atoms with van der Waals surface area (Å²) in [5, 5.41) is 3.06. The quantitative estimate of drug-likeness (QED) is 0.777. The molecule has 2 saturated heterocycles. The minimum atomic E-state index is 0.105. The van der Waals surface area contributed by atoms with E-state index in [0.29, 0.717) is 12.5 Å². The van der Waals surface area contributed by atoms with Gasteiger partial charge in [0.2, 0.25) is 0 Å². The van der Waals surface area contributed by atoms with Crippen molar-refractivity contribution in [2.45, 2.75) is 38.6 Å². The molecule has 2 rings (SSSR count). The zero-order valence-corrected chi connectivity index (χ0v) is 10.1. The van der Waals surface area contributed by atoms with Crippen LogP contribution in [-0.2, 0) is 4.74 Å². The zero-order valence-electron chi connectivity index (χ0n) is 10.1. The Bertz CT molecular complexity index is 239. The molecular weight excluding hydrogens is 204 g/mol. The van der Waals surface area contributed by atoms with Crippen LogP contribution < -0.4 is 5.32 Å². The number of carbonyl (C=O) groups is 1. The van der Waals surface area contributed by atoms with Crippen LogP contribution in [0.15, 0.2) is 0 Å². The molecule has 0 aromatic carbocycles. The van der Waals surface area contributed by atoms with Gasteiger partial charge in [-0.2, -0.15) is 0 Å². The van der Waals surface area contributed by atoms with E-state index < -0.39 is 0 Å². The molecule has 2 aliphatic heterocycles. The number of nitrogens with zero attached hydrogens (tertiary/aromatic N) is 1. The Morgan fingerprint density at radius 1 is 1.50 bits per heavy atom. The van der Waals surface area contributed by atoms with Crippen molar-refractivity contribution in [1.82, 2.24) is 10.2 Å². The molecule has 92 valence electrons. The highest BCUT2D eigenvalue weighted by Crippen LogP contribution is 2.19. The molecule has 0 aromatic heterocycles. The zero-order chi connectivity index (χ0) is 11.4. The average Bonchev–Trinajstić information content (AvgIpc) is 2.82. The predicted molar refractivity (Wildman–Crippen MR) is 62.3 cm³/mol. The maximum absolute atomic E-state index is 12.0. The van der Waals surface area contributed by atoms with Gasteiger partial charge in [0.05, 0.1) is 12.6 Å². The maximum atomic E-state index is 12.0. The number of nitrogens with one attached hydrogen (secondary N) is 1. The fraction of sp³-hybridized carbons (Fsp3) is 0.917. The summed E-state index contributed by atoms with van der Waals surface area (Å²) < 4.78 is 5.25. The Labute approximate surface area is 97.3 Å². The normalized spacial score (nSPS) is 30.4. The molecule has 2 atom stereocenters. The number of amides is 2. The first kappa shape index (κ1) is 11.7. The molecule has 16 heavy (non-hydrogen) atoms. The van der Waals surface area contributed by atoms with Crippen molar-refractivity contribution in [3.8, 4) is 0 Å². The van der Waals surface area contributed by atoms with Crippen LogP contribution >= 0.6 is 0 Å².